The van der Waals surface area contributed by atoms with Crippen molar-refractivity contribution in [1.82, 2.24) is 0 Å². The smallest absolute Gasteiger partial charge is 0.367 e. The van der Waals surface area contributed by atoms with Crippen LogP contribution in [-0.4, -0.2) is 25.0 Å². The molecular formula is C20H20ClNO3S. The Hall–Kier alpha value is -1.98. The third-order valence-corrected chi connectivity index (χ3v) is 5.61. The van der Waals surface area contributed by atoms with Gasteiger partial charge in [0.05, 0.1) is 23.4 Å². The summed E-state index contributed by atoms with van der Waals surface area (Å²) in [5, 5.41) is 4.51. The van der Waals surface area contributed by atoms with E-state index in [4.69, 9.17) is 21.2 Å². The van der Waals surface area contributed by atoms with Crippen LogP contribution in [0.2, 0.25) is 5.02 Å². The summed E-state index contributed by atoms with van der Waals surface area (Å²) >= 11 is 7.67. The third-order valence-electron chi connectivity index (χ3n) is 4.55. The van der Waals surface area contributed by atoms with Crippen molar-refractivity contribution in [2.75, 3.05) is 13.4 Å². The van der Waals surface area contributed by atoms with E-state index in [2.05, 4.69) is 5.16 Å². The van der Waals surface area contributed by atoms with E-state index in [1.54, 1.807) is 19.2 Å². The molecule has 2 aromatic rings. The molecule has 0 saturated heterocycles. The van der Waals surface area contributed by atoms with Gasteiger partial charge in [-0.15, -0.1) is 11.8 Å². The minimum absolute atomic E-state index is 0.324. The number of nitrogens with zero attached hydrogens (tertiary/aromatic N) is 1. The second-order valence-corrected chi connectivity index (χ2v) is 7.32. The van der Waals surface area contributed by atoms with Gasteiger partial charge in [-0.1, -0.05) is 16.8 Å². The van der Waals surface area contributed by atoms with E-state index in [-0.39, 0.29) is 0 Å². The molecule has 1 aliphatic carbocycles. The molecule has 0 bridgehead atoms. The zero-order chi connectivity index (χ0) is 18.7. The SMILES string of the molecule is COc1ccc2c(c1C)CCC/C2=N\OC(=O)c1cc(SC)ccc1Cl. The number of rotatable bonds is 4. The molecule has 3 rings (SSSR count). The number of benzene rings is 2. The highest BCUT2D eigenvalue weighted by atomic mass is 35.5. The molecule has 0 N–H and O–H groups in total. The molecule has 0 heterocycles. The third kappa shape index (κ3) is 3.74. The highest BCUT2D eigenvalue weighted by Gasteiger charge is 2.21. The van der Waals surface area contributed by atoms with Gasteiger partial charge in [-0.25, -0.2) is 4.79 Å². The second kappa shape index (κ2) is 8.14. The van der Waals surface area contributed by atoms with Gasteiger partial charge in [0.25, 0.3) is 0 Å². The van der Waals surface area contributed by atoms with Crippen LogP contribution in [0.15, 0.2) is 40.4 Å². The van der Waals surface area contributed by atoms with E-state index >= 15 is 0 Å². The van der Waals surface area contributed by atoms with Crippen molar-refractivity contribution in [2.45, 2.75) is 31.1 Å². The first kappa shape index (κ1) is 18.8. The van der Waals surface area contributed by atoms with Crippen LogP contribution < -0.4 is 4.74 Å². The number of hydrogen-bond donors (Lipinski definition) is 0. The zero-order valence-corrected chi connectivity index (χ0v) is 16.5. The number of ether oxygens (including phenoxy) is 1. The van der Waals surface area contributed by atoms with Crippen LogP contribution in [0.1, 0.15) is 39.9 Å². The van der Waals surface area contributed by atoms with Crippen molar-refractivity contribution in [2.24, 2.45) is 5.16 Å². The Balaban J connectivity index is 1.87. The van der Waals surface area contributed by atoms with E-state index in [9.17, 15) is 4.79 Å². The molecule has 1 aliphatic rings. The molecule has 0 atom stereocenters. The van der Waals surface area contributed by atoms with Crippen molar-refractivity contribution < 1.29 is 14.4 Å². The Morgan fingerprint density at radius 3 is 2.77 bits per heavy atom. The molecule has 0 spiro atoms. The van der Waals surface area contributed by atoms with Crippen LogP contribution in [0.25, 0.3) is 0 Å². The molecule has 136 valence electrons. The van der Waals surface area contributed by atoms with Crippen molar-refractivity contribution in [3.63, 3.8) is 0 Å². The Morgan fingerprint density at radius 1 is 1.23 bits per heavy atom. The van der Waals surface area contributed by atoms with Gasteiger partial charge in [-0.3, -0.25) is 0 Å². The van der Waals surface area contributed by atoms with E-state index < -0.39 is 5.97 Å². The standard InChI is InChI=1S/C20H20ClNO3S/c1-12-14-5-4-6-18(15(14)8-10-19(12)24-2)22-25-20(23)16-11-13(26-3)7-9-17(16)21/h7-11H,4-6H2,1-3H3/b22-18+. The molecule has 0 aliphatic heterocycles. The van der Waals surface area contributed by atoms with E-state index in [0.717, 1.165) is 46.7 Å². The van der Waals surface area contributed by atoms with Gasteiger partial charge in [0, 0.05) is 10.5 Å². The maximum absolute atomic E-state index is 12.4. The molecule has 0 radical (unpaired) electrons. The van der Waals surface area contributed by atoms with Crippen molar-refractivity contribution in [3.8, 4) is 5.75 Å². The summed E-state index contributed by atoms with van der Waals surface area (Å²) in [6.45, 7) is 2.04. The summed E-state index contributed by atoms with van der Waals surface area (Å²) in [4.78, 5) is 18.6. The summed E-state index contributed by atoms with van der Waals surface area (Å²) in [5.41, 5.74) is 4.44. The number of oxime groups is 1. The first-order valence-corrected chi connectivity index (χ1v) is 9.94. The lowest BCUT2D eigenvalue weighted by Gasteiger charge is -2.21. The molecule has 2 aromatic carbocycles. The first-order chi connectivity index (χ1) is 12.5. The van der Waals surface area contributed by atoms with Crippen LogP contribution in [0.3, 0.4) is 0 Å². The number of thioether (sulfide) groups is 1. The fraction of sp³-hybridized carbons (Fsp3) is 0.300. The number of carbonyl (C=O) groups is 1. The second-order valence-electron chi connectivity index (χ2n) is 6.03. The van der Waals surface area contributed by atoms with Gasteiger partial charge < -0.3 is 9.57 Å². The van der Waals surface area contributed by atoms with Crippen molar-refractivity contribution >= 4 is 35.0 Å². The van der Waals surface area contributed by atoms with Gasteiger partial charge >= 0.3 is 5.97 Å². The Morgan fingerprint density at radius 2 is 2.04 bits per heavy atom. The fourth-order valence-electron chi connectivity index (χ4n) is 3.14. The maximum atomic E-state index is 12.4. The Labute approximate surface area is 162 Å². The van der Waals surface area contributed by atoms with Crippen LogP contribution in [0.5, 0.6) is 5.75 Å². The van der Waals surface area contributed by atoms with Crippen LogP contribution >= 0.6 is 23.4 Å². The molecular weight excluding hydrogens is 370 g/mol. The number of methoxy groups -OCH3 is 1. The highest BCUT2D eigenvalue weighted by molar-refractivity contribution is 7.98. The molecule has 4 nitrogen and oxygen atoms in total. The molecule has 0 unspecified atom stereocenters. The first-order valence-electron chi connectivity index (χ1n) is 8.33. The van der Waals surface area contributed by atoms with Gasteiger partial charge in [-0.05, 0) is 73.9 Å². The summed E-state index contributed by atoms with van der Waals surface area (Å²) in [5.74, 6) is 0.318. The molecule has 0 aromatic heterocycles. The van der Waals surface area contributed by atoms with Gasteiger partial charge in [0.2, 0.25) is 0 Å². The molecule has 6 heteroatoms. The average Bonchev–Trinajstić information content (AvgIpc) is 2.67. The van der Waals surface area contributed by atoms with Gasteiger partial charge in [0.1, 0.15) is 5.75 Å². The predicted molar refractivity (Wildman–Crippen MR) is 106 cm³/mol. The normalized spacial score (nSPS) is 14.8. The Bertz CT molecular complexity index is 880. The average molecular weight is 390 g/mol. The highest BCUT2D eigenvalue weighted by Crippen LogP contribution is 2.31. The lowest BCUT2D eigenvalue weighted by Crippen LogP contribution is -2.15. The van der Waals surface area contributed by atoms with E-state index in [1.807, 2.05) is 31.4 Å². The van der Waals surface area contributed by atoms with Crippen LogP contribution in [0, 0.1) is 6.92 Å². The van der Waals surface area contributed by atoms with Crippen molar-refractivity contribution in [3.05, 3.63) is 57.6 Å². The minimum atomic E-state index is -0.546. The van der Waals surface area contributed by atoms with Gasteiger partial charge in [-0.2, -0.15) is 0 Å². The lowest BCUT2D eigenvalue weighted by molar-refractivity contribution is 0.0515. The lowest BCUT2D eigenvalue weighted by atomic mass is 9.87. The fourth-order valence-corrected chi connectivity index (χ4v) is 3.78. The molecule has 0 saturated carbocycles. The monoisotopic (exact) mass is 389 g/mol. The number of halogens is 1. The van der Waals surface area contributed by atoms with E-state index in [1.165, 1.54) is 17.3 Å². The van der Waals surface area contributed by atoms with Gasteiger partial charge in [0.15, 0.2) is 0 Å². The summed E-state index contributed by atoms with van der Waals surface area (Å²) < 4.78 is 5.40. The number of hydrogen-bond acceptors (Lipinski definition) is 5. The van der Waals surface area contributed by atoms with Crippen LogP contribution in [0.4, 0.5) is 0 Å². The minimum Gasteiger partial charge on any atom is -0.496 e. The summed E-state index contributed by atoms with van der Waals surface area (Å²) in [6, 6.07) is 9.19. The van der Waals surface area contributed by atoms with Crippen molar-refractivity contribution in [1.29, 1.82) is 0 Å². The largest absolute Gasteiger partial charge is 0.496 e. The Kier molecular flexibility index (Phi) is 5.89. The van der Waals surface area contributed by atoms with E-state index in [0.29, 0.717) is 10.6 Å². The molecule has 26 heavy (non-hydrogen) atoms. The molecule has 0 fully saturated rings. The topological polar surface area (TPSA) is 47.9 Å². The van der Waals surface area contributed by atoms with Crippen LogP contribution in [-0.2, 0) is 11.3 Å². The number of carbonyl (C=O) groups excluding carboxylic acids is 1. The summed E-state index contributed by atoms with van der Waals surface area (Å²) in [6.07, 6.45) is 4.63. The quantitative estimate of drug-likeness (QED) is 0.405. The zero-order valence-electron chi connectivity index (χ0n) is 15.0. The predicted octanol–water partition coefficient (Wildman–Crippen LogP) is 5.28. The summed E-state index contributed by atoms with van der Waals surface area (Å²) in [7, 11) is 1.67. The maximum Gasteiger partial charge on any atom is 0.367 e. The number of fused-ring (bicyclic) bond motifs is 1. The molecule has 0 amide bonds.